The lowest BCUT2D eigenvalue weighted by Gasteiger charge is -2.07. The van der Waals surface area contributed by atoms with E-state index >= 15 is 0 Å². The van der Waals surface area contributed by atoms with Crippen molar-refractivity contribution >= 4 is 12.0 Å². The zero-order valence-electron chi connectivity index (χ0n) is 5.79. The van der Waals surface area contributed by atoms with Crippen LogP contribution in [0.3, 0.4) is 0 Å². The van der Waals surface area contributed by atoms with Gasteiger partial charge in [0.15, 0.2) is 0 Å². The Morgan fingerprint density at radius 3 is 2.73 bits per heavy atom. The number of nitrogens with zero attached hydrogens (tertiary/aromatic N) is 1. The van der Waals surface area contributed by atoms with Gasteiger partial charge in [0, 0.05) is 6.54 Å². The quantitative estimate of drug-likeness (QED) is 0.608. The summed E-state index contributed by atoms with van der Waals surface area (Å²) in [4.78, 5) is 21.8. The molecule has 1 atom stereocenters. The Morgan fingerprint density at radius 1 is 1.82 bits per heavy atom. The molecule has 0 aromatic heterocycles. The van der Waals surface area contributed by atoms with Crippen LogP contribution < -0.4 is 0 Å². The second-order valence-corrected chi connectivity index (χ2v) is 2.41. The molecule has 0 spiro atoms. The van der Waals surface area contributed by atoms with Crippen LogP contribution in [0.4, 0.5) is 9.18 Å². The van der Waals surface area contributed by atoms with Gasteiger partial charge in [0.2, 0.25) is 5.91 Å². The van der Waals surface area contributed by atoms with E-state index < -0.39 is 24.6 Å². The van der Waals surface area contributed by atoms with Gasteiger partial charge < -0.3 is 5.11 Å². The molecule has 1 fully saturated rings. The standard InChI is InChI=1S/C6H8FNO3/c7-3-4-1-2-8(5(4)9)6(10)11/h4H,1-3H2,(H,10,11). The summed E-state index contributed by atoms with van der Waals surface area (Å²) < 4.78 is 11.9. The number of imide groups is 1. The summed E-state index contributed by atoms with van der Waals surface area (Å²) in [5.74, 6) is -1.34. The molecule has 2 amide bonds. The average molecular weight is 161 g/mol. The maximum Gasteiger partial charge on any atom is 0.414 e. The topological polar surface area (TPSA) is 57.6 Å². The highest BCUT2D eigenvalue weighted by Crippen LogP contribution is 2.17. The van der Waals surface area contributed by atoms with Crippen molar-refractivity contribution in [2.24, 2.45) is 5.92 Å². The Morgan fingerprint density at radius 2 is 2.45 bits per heavy atom. The fourth-order valence-corrected chi connectivity index (χ4v) is 1.07. The lowest BCUT2D eigenvalue weighted by molar-refractivity contribution is -0.129. The van der Waals surface area contributed by atoms with E-state index in [1.54, 1.807) is 0 Å². The molecule has 1 rings (SSSR count). The number of rotatable bonds is 1. The van der Waals surface area contributed by atoms with Crippen LogP contribution >= 0.6 is 0 Å². The number of carbonyl (C=O) groups is 2. The predicted octanol–water partition coefficient (Wildman–Crippen LogP) is 0.482. The van der Waals surface area contributed by atoms with E-state index in [2.05, 4.69) is 0 Å². The first-order chi connectivity index (χ1) is 5.16. The first-order valence-electron chi connectivity index (χ1n) is 3.27. The molecule has 1 N–H and O–H groups in total. The van der Waals surface area contributed by atoms with Gasteiger partial charge in [-0.05, 0) is 6.42 Å². The number of hydrogen-bond acceptors (Lipinski definition) is 2. The van der Waals surface area contributed by atoms with Crippen molar-refractivity contribution in [2.75, 3.05) is 13.2 Å². The van der Waals surface area contributed by atoms with Gasteiger partial charge >= 0.3 is 6.09 Å². The first kappa shape index (κ1) is 7.97. The van der Waals surface area contributed by atoms with Crippen LogP contribution in [0.25, 0.3) is 0 Å². The van der Waals surface area contributed by atoms with E-state index in [1.165, 1.54) is 0 Å². The summed E-state index contributed by atoms with van der Waals surface area (Å²) in [6.07, 6.45) is -0.979. The molecule has 1 aliphatic heterocycles. The molecule has 1 unspecified atom stereocenters. The van der Waals surface area contributed by atoms with E-state index in [0.29, 0.717) is 11.3 Å². The number of carboxylic acid groups (broad SMARTS) is 1. The molecule has 5 heteroatoms. The average Bonchev–Trinajstić information content (AvgIpc) is 2.30. The van der Waals surface area contributed by atoms with Gasteiger partial charge in [-0.1, -0.05) is 0 Å². The van der Waals surface area contributed by atoms with Crippen molar-refractivity contribution < 1.29 is 19.1 Å². The van der Waals surface area contributed by atoms with E-state index in [4.69, 9.17) is 5.11 Å². The van der Waals surface area contributed by atoms with Gasteiger partial charge in [0.1, 0.15) is 6.67 Å². The van der Waals surface area contributed by atoms with Crippen molar-refractivity contribution in [3.63, 3.8) is 0 Å². The van der Waals surface area contributed by atoms with Crippen molar-refractivity contribution in [1.29, 1.82) is 0 Å². The maximum atomic E-state index is 11.9. The van der Waals surface area contributed by atoms with Crippen LogP contribution in [0.1, 0.15) is 6.42 Å². The predicted molar refractivity (Wildman–Crippen MR) is 33.8 cm³/mol. The zero-order chi connectivity index (χ0) is 8.43. The van der Waals surface area contributed by atoms with Crippen molar-refractivity contribution in [3.8, 4) is 0 Å². The second kappa shape index (κ2) is 2.86. The summed E-state index contributed by atoms with van der Waals surface area (Å²) in [5.41, 5.74) is 0. The van der Waals surface area contributed by atoms with Gasteiger partial charge in [-0.2, -0.15) is 0 Å². The molecule has 62 valence electrons. The molecule has 0 aliphatic carbocycles. The van der Waals surface area contributed by atoms with Crippen LogP contribution in [-0.2, 0) is 4.79 Å². The molecule has 0 aromatic rings. The second-order valence-electron chi connectivity index (χ2n) is 2.41. The SMILES string of the molecule is O=C(O)N1CCC(CF)C1=O. The Labute approximate surface area is 62.6 Å². The minimum absolute atomic E-state index is 0.128. The monoisotopic (exact) mass is 161 g/mol. The third kappa shape index (κ3) is 1.31. The van der Waals surface area contributed by atoms with Gasteiger partial charge in [-0.25, -0.2) is 9.69 Å². The summed E-state index contributed by atoms with van der Waals surface area (Å²) in [5, 5.41) is 8.38. The number of alkyl halides is 1. The van der Waals surface area contributed by atoms with E-state index in [1.807, 2.05) is 0 Å². The lowest BCUT2D eigenvalue weighted by Crippen LogP contribution is -2.32. The molecule has 0 bridgehead atoms. The molecular formula is C6H8FNO3. The number of carbonyl (C=O) groups excluding carboxylic acids is 1. The Hall–Kier alpha value is -1.13. The maximum absolute atomic E-state index is 11.9. The molecular weight excluding hydrogens is 153 g/mol. The fraction of sp³-hybridized carbons (Fsp3) is 0.667. The molecule has 1 aliphatic rings. The lowest BCUT2D eigenvalue weighted by atomic mass is 10.1. The number of halogens is 1. The summed E-state index contributed by atoms with van der Waals surface area (Å²) in [6, 6.07) is 0. The number of amides is 2. The van der Waals surface area contributed by atoms with Crippen molar-refractivity contribution in [3.05, 3.63) is 0 Å². The highest BCUT2D eigenvalue weighted by atomic mass is 19.1. The molecule has 1 saturated heterocycles. The summed E-state index contributed by atoms with van der Waals surface area (Å²) >= 11 is 0. The number of likely N-dealkylation sites (tertiary alicyclic amines) is 1. The highest BCUT2D eigenvalue weighted by Gasteiger charge is 2.35. The van der Waals surface area contributed by atoms with Crippen LogP contribution in [0, 0.1) is 5.92 Å². The summed E-state index contributed by atoms with van der Waals surface area (Å²) in [7, 11) is 0. The Kier molecular flexibility index (Phi) is 2.07. The van der Waals surface area contributed by atoms with Gasteiger partial charge in [-0.15, -0.1) is 0 Å². The molecule has 0 saturated carbocycles. The van der Waals surface area contributed by atoms with Crippen LogP contribution in [0.15, 0.2) is 0 Å². The van der Waals surface area contributed by atoms with Gasteiger partial charge in [0.25, 0.3) is 0 Å². The van der Waals surface area contributed by atoms with Crippen LogP contribution in [0.2, 0.25) is 0 Å². The first-order valence-corrected chi connectivity index (χ1v) is 3.27. The Bertz CT molecular complexity index is 194. The molecule has 0 radical (unpaired) electrons. The largest absolute Gasteiger partial charge is 0.465 e. The molecule has 4 nitrogen and oxygen atoms in total. The Balaban J connectivity index is 2.63. The minimum Gasteiger partial charge on any atom is -0.465 e. The minimum atomic E-state index is -1.29. The summed E-state index contributed by atoms with van der Waals surface area (Å²) in [6.45, 7) is -0.634. The van der Waals surface area contributed by atoms with Crippen molar-refractivity contribution in [1.82, 2.24) is 4.90 Å². The van der Waals surface area contributed by atoms with E-state index in [-0.39, 0.29) is 6.54 Å². The molecule has 0 aromatic carbocycles. The molecule has 11 heavy (non-hydrogen) atoms. The van der Waals surface area contributed by atoms with E-state index in [9.17, 15) is 14.0 Å². The molecule has 1 heterocycles. The van der Waals surface area contributed by atoms with Gasteiger partial charge in [0.05, 0.1) is 5.92 Å². The smallest absolute Gasteiger partial charge is 0.414 e. The van der Waals surface area contributed by atoms with Crippen LogP contribution in [-0.4, -0.2) is 35.2 Å². The normalized spacial score (nSPS) is 24.3. The van der Waals surface area contributed by atoms with E-state index in [0.717, 1.165) is 0 Å². The van der Waals surface area contributed by atoms with Crippen LogP contribution in [0.5, 0.6) is 0 Å². The van der Waals surface area contributed by atoms with Crippen molar-refractivity contribution in [2.45, 2.75) is 6.42 Å². The highest BCUT2D eigenvalue weighted by molar-refractivity contribution is 5.94. The fourth-order valence-electron chi connectivity index (χ4n) is 1.07. The third-order valence-electron chi connectivity index (χ3n) is 1.73. The number of hydrogen-bond donors (Lipinski definition) is 1. The third-order valence-corrected chi connectivity index (χ3v) is 1.73. The zero-order valence-corrected chi connectivity index (χ0v) is 5.79. The van der Waals surface area contributed by atoms with Gasteiger partial charge in [-0.3, -0.25) is 9.18 Å².